The molecular weight excluding hydrogens is 220 g/mol. The van der Waals surface area contributed by atoms with Gasteiger partial charge in [-0.15, -0.1) is 0 Å². The number of nitrogens with zero attached hydrogens (tertiary/aromatic N) is 1. The molecule has 2 unspecified atom stereocenters. The Morgan fingerprint density at radius 3 is 2.46 bits per heavy atom. The standard InChI is InChI=1S/C3H11N3O5P2/c1-6(2-12(7)8)3(4)5-13(9,10)11/h3H,2,4H2,1H3,(H3-,5,7,8,9,10,11)/p+1. The monoisotopic (exact) mass is 232 g/mol. The van der Waals surface area contributed by atoms with Gasteiger partial charge in [0.2, 0.25) is 6.29 Å². The highest BCUT2D eigenvalue weighted by Gasteiger charge is 2.24. The molecule has 0 aliphatic heterocycles. The van der Waals surface area contributed by atoms with Crippen LogP contribution in [0.25, 0.3) is 0 Å². The molecule has 0 rings (SSSR count). The molecule has 0 saturated carbocycles. The molecule has 0 aromatic carbocycles. The van der Waals surface area contributed by atoms with Crippen LogP contribution in [0.5, 0.6) is 0 Å². The van der Waals surface area contributed by atoms with Gasteiger partial charge in [0.15, 0.2) is 0 Å². The molecule has 0 saturated heterocycles. The van der Waals surface area contributed by atoms with Gasteiger partial charge in [0.1, 0.15) is 6.29 Å². The Labute approximate surface area is 75.8 Å². The van der Waals surface area contributed by atoms with Crippen LogP contribution in [0.4, 0.5) is 0 Å². The Morgan fingerprint density at radius 1 is 1.69 bits per heavy atom. The minimum atomic E-state index is -4.41. The molecule has 0 amide bonds. The first-order valence-corrected chi connectivity index (χ1v) is 6.16. The van der Waals surface area contributed by atoms with Crippen LogP contribution in [0.3, 0.4) is 0 Å². The van der Waals surface area contributed by atoms with Crippen LogP contribution in [0.1, 0.15) is 0 Å². The summed E-state index contributed by atoms with van der Waals surface area (Å²) in [6.07, 6.45) is -1.42. The number of hydrogen-bond donors (Lipinski definition) is 5. The smallest absolute Gasteiger partial charge is 0.313 e. The van der Waals surface area contributed by atoms with E-state index < -0.39 is 22.1 Å². The maximum Gasteiger partial charge on any atom is 0.521 e. The minimum absolute atomic E-state index is 0.260. The van der Waals surface area contributed by atoms with Crippen molar-refractivity contribution in [1.82, 2.24) is 9.99 Å². The van der Waals surface area contributed by atoms with E-state index in [1.54, 1.807) is 5.09 Å². The van der Waals surface area contributed by atoms with E-state index in [0.29, 0.717) is 0 Å². The fourth-order valence-electron chi connectivity index (χ4n) is 0.550. The number of nitrogens with two attached hydrogens (primary N) is 1. The van der Waals surface area contributed by atoms with Crippen LogP contribution in [-0.4, -0.2) is 39.2 Å². The highest BCUT2D eigenvalue weighted by molar-refractivity contribution is 7.49. The highest BCUT2D eigenvalue weighted by Crippen LogP contribution is 2.29. The van der Waals surface area contributed by atoms with Crippen LogP contribution in [0.2, 0.25) is 0 Å². The van der Waals surface area contributed by atoms with Crippen LogP contribution in [0.15, 0.2) is 0 Å². The molecular formula is C3H12N3O5P2+. The summed E-state index contributed by atoms with van der Waals surface area (Å²) >= 11 is 0. The molecule has 0 bridgehead atoms. The lowest BCUT2D eigenvalue weighted by molar-refractivity contribution is 0.240. The SMILES string of the molecule is CN(C[P+](=O)O)C(N)NP(=O)(O)O. The predicted octanol–water partition coefficient (Wildman–Crippen LogP) is -1.46. The first-order valence-electron chi connectivity index (χ1n) is 3.15. The van der Waals surface area contributed by atoms with Crippen molar-refractivity contribution in [2.45, 2.75) is 6.29 Å². The van der Waals surface area contributed by atoms with Crippen molar-refractivity contribution in [3.8, 4) is 0 Å². The summed E-state index contributed by atoms with van der Waals surface area (Å²) in [5.74, 6) is 0. The molecule has 0 aliphatic carbocycles. The van der Waals surface area contributed by atoms with E-state index in [4.69, 9.17) is 20.4 Å². The van der Waals surface area contributed by atoms with Gasteiger partial charge in [0.25, 0.3) is 0 Å². The van der Waals surface area contributed by atoms with Gasteiger partial charge < -0.3 is 15.5 Å². The van der Waals surface area contributed by atoms with Crippen LogP contribution in [0, 0.1) is 0 Å². The van der Waals surface area contributed by atoms with Crippen molar-refractivity contribution in [2.75, 3.05) is 13.3 Å². The number of hydrogen-bond acceptors (Lipinski definition) is 4. The fourth-order valence-corrected chi connectivity index (χ4v) is 1.65. The first kappa shape index (κ1) is 13.1. The second-order valence-corrected chi connectivity index (χ2v) is 4.70. The molecule has 0 aliphatic rings. The molecule has 10 heteroatoms. The van der Waals surface area contributed by atoms with E-state index in [9.17, 15) is 9.13 Å². The Hall–Kier alpha value is 0.0900. The Kier molecular flexibility index (Phi) is 5.13. The zero-order chi connectivity index (χ0) is 10.6. The molecule has 0 fully saturated rings. The Morgan fingerprint density at radius 2 is 2.15 bits per heavy atom. The van der Waals surface area contributed by atoms with E-state index in [1.807, 2.05) is 0 Å². The van der Waals surface area contributed by atoms with Crippen LogP contribution < -0.4 is 10.8 Å². The van der Waals surface area contributed by atoms with E-state index in [0.717, 1.165) is 4.90 Å². The van der Waals surface area contributed by atoms with E-state index in [2.05, 4.69) is 0 Å². The second-order valence-electron chi connectivity index (χ2n) is 2.37. The molecule has 0 radical (unpaired) electrons. The quantitative estimate of drug-likeness (QED) is 0.286. The molecule has 6 N–H and O–H groups in total. The van der Waals surface area contributed by atoms with Gasteiger partial charge in [0.05, 0.1) is 0 Å². The van der Waals surface area contributed by atoms with Gasteiger partial charge in [-0.2, -0.15) is 9.98 Å². The summed E-state index contributed by atoms with van der Waals surface area (Å²) in [7, 11) is -5.47. The van der Waals surface area contributed by atoms with Crippen molar-refractivity contribution in [2.24, 2.45) is 5.73 Å². The van der Waals surface area contributed by atoms with Crippen LogP contribution >= 0.6 is 15.8 Å². The molecule has 78 valence electrons. The molecule has 8 nitrogen and oxygen atoms in total. The summed E-state index contributed by atoms with van der Waals surface area (Å²) in [6.45, 7) is 0. The third-order valence-electron chi connectivity index (χ3n) is 1.12. The summed E-state index contributed by atoms with van der Waals surface area (Å²) in [5.41, 5.74) is 5.23. The zero-order valence-corrected chi connectivity index (χ0v) is 8.65. The lowest BCUT2D eigenvalue weighted by Gasteiger charge is -2.20. The second kappa shape index (κ2) is 5.09. The van der Waals surface area contributed by atoms with Gasteiger partial charge in [0, 0.05) is 0 Å². The van der Waals surface area contributed by atoms with Gasteiger partial charge in [-0.1, -0.05) is 0 Å². The maximum atomic E-state index is 10.4. The minimum Gasteiger partial charge on any atom is -0.313 e. The van der Waals surface area contributed by atoms with Gasteiger partial charge in [-0.25, -0.2) is 9.46 Å². The van der Waals surface area contributed by atoms with Gasteiger partial charge in [-0.3, -0.25) is 0 Å². The normalized spacial score (nSPS) is 16.0. The molecule has 0 spiro atoms. The van der Waals surface area contributed by atoms with E-state index in [-0.39, 0.29) is 6.29 Å². The van der Waals surface area contributed by atoms with Gasteiger partial charge >= 0.3 is 15.8 Å². The third kappa shape index (κ3) is 7.18. The maximum absolute atomic E-state index is 10.4. The average Bonchev–Trinajstić information content (AvgIpc) is 1.81. The first-order chi connectivity index (χ1) is 5.72. The van der Waals surface area contributed by atoms with Gasteiger partial charge in [-0.05, 0) is 11.6 Å². The molecule has 0 aromatic heterocycles. The Bertz CT molecular complexity index is 229. The molecule has 0 aromatic rings. The van der Waals surface area contributed by atoms with E-state index >= 15 is 0 Å². The Balaban J connectivity index is 4.04. The topological polar surface area (TPSA) is 136 Å². The third-order valence-corrected chi connectivity index (χ3v) is 2.41. The zero-order valence-electron chi connectivity index (χ0n) is 6.86. The summed E-state index contributed by atoms with van der Waals surface area (Å²) in [5, 5.41) is 1.75. The van der Waals surface area contributed by atoms with Crippen molar-refractivity contribution < 1.29 is 23.8 Å². The number of nitrogens with one attached hydrogen (secondary N) is 1. The average molecular weight is 232 g/mol. The molecule has 0 heterocycles. The van der Waals surface area contributed by atoms with Crippen molar-refractivity contribution >= 4 is 15.8 Å². The predicted molar refractivity (Wildman–Crippen MR) is 45.6 cm³/mol. The van der Waals surface area contributed by atoms with Crippen molar-refractivity contribution in [3.63, 3.8) is 0 Å². The largest absolute Gasteiger partial charge is 0.521 e. The lowest BCUT2D eigenvalue weighted by atomic mass is 10.8. The summed E-state index contributed by atoms with van der Waals surface area (Å²) < 4.78 is 20.7. The summed E-state index contributed by atoms with van der Waals surface area (Å²) in [6, 6.07) is 0. The van der Waals surface area contributed by atoms with Crippen molar-refractivity contribution in [3.05, 3.63) is 0 Å². The highest BCUT2D eigenvalue weighted by atomic mass is 31.2. The number of rotatable bonds is 5. The van der Waals surface area contributed by atoms with E-state index in [1.165, 1.54) is 7.05 Å². The fraction of sp³-hybridized carbons (Fsp3) is 1.00. The van der Waals surface area contributed by atoms with Crippen LogP contribution in [-0.2, 0) is 9.13 Å². The van der Waals surface area contributed by atoms with Crippen molar-refractivity contribution in [1.29, 1.82) is 0 Å². The molecule has 2 atom stereocenters. The molecule has 13 heavy (non-hydrogen) atoms. The summed E-state index contributed by atoms with van der Waals surface area (Å²) in [4.78, 5) is 26.4. The lowest BCUT2D eigenvalue weighted by Crippen LogP contribution is -2.48.